The molecule has 1 unspecified atom stereocenters. The van der Waals surface area contributed by atoms with Gasteiger partial charge in [0.2, 0.25) is 17.8 Å². The largest absolute Gasteiger partial charge is 0.443 e. The van der Waals surface area contributed by atoms with E-state index >= 15 is 0 Å². The van der Waals surface area contributed by atoms with Crippen molar-refractivity contribution in [1.82, 2.24) is 14.9 Å². The molecule has 1 aromatic heterocycles. The number of aliphatic hydroxyl groups excluding tert-OH is 2. The Hall–Kier alpha value is -3.29. The molecule has 0 radical (unpaired) electrons. The number of benzene rings is 1. The monoisotopic (exact) mass is 730 g/mol. The highest BCUT2D eigenvalue weighted by Crippen LogP contribution is 2.36. The van der Waals surface area contributed by atoms with E-state index in [2.05, 4.69) is 15.6 Å². The summed E-state index contributed by atoms with van der Waals surface area (Å²) in [6.07, 6.45) is 6.03. The third-order valence-corrected chi connectivity index (χ3v) is 12.5. The van der Waals surface area contributed by atoms with E-state index in [-0.39, 0.29) is 42.2 Å². The Labute approximate surface area is 303 Å². The summed E-state index contributed by atoms with van der Waals surface area (Å²) in [5, 5.41) is 27.8. The van der Waals surface area contributed by atoms with Crippen molar-refractivity contribution in [2.75, 3.05) is 11.1 Å². The molecule has 4 rings (SSSR count). The molecule has 2 fully saturated rings. The number of anilines is 1. The first kappa shape index (κ1) is 40.5. The van der Waals surface area contributed by atoms with Gasteiger partial charge >= 0.3 is 6.09 Å². The number of nitrogens with zero attached hydrogens (tertiary/aromatic N) is 2. The second kappa shape index (κ2) is 17.0. The Morgan fingerprint density at radius 2 is 1.63 bits per heavy atom. The topological polar surface area (TPSA) is 177 Å². The molecule has 4 atom stereocenters. The lowest BCUT2D eigenvalue weighted by molar-refractivity contribution is -0.127. The van der Waals surface area contributed by atoms with Crippen LogP contribution in [-0.4, -0.2) is 80.4 Å². The number of nitrogens with one attached hydrogen (secondary N) is 2. The summed E-state index contributed by atoms with van der Waals surface area (Å²) in [6.45, 7) is 9.82. The molecule has 51 heavy (non-hydrogen) atoms. The van der Waals surface area contributed by atoms with Gasteiger partial charge < -0.3 is 20.3 Å². The standard InChI is InChI=1S/C38H58N4O8S/c1-37(2,3)50-36(47)42-23-29(39-35(42)41-31(43)20-17-25-13-9-7-10-14-25)22-28(24-51(48,49)38(4,5)6)34(46)40-30(21-26-15-11-8-12-16-26)33(45)32(44)27-18-19-27/h7,9-10,13-14,23,26-28,30,32-33,44-45H,8,11-12,15-22,24H2,1-6H3,(H,40,46)(H,39,41,43)/t28?,30-,32-,33+/m0/s1. The molecule has 2 aliphatic carbocycles. The average molecular weight is 731 g/mol. The van der Waals surface area contributed by atoms with Gasteiger partial charge in [-0.2, -0.15) is 0 Å². The summed E-state index contributed by atoms with van der Waals surface area (Å²) in [6, 6.07) is 8.71. The molecule has 0 bridgehead atoms. The summed E-state index contributed by atoms with van der Waals surface area (Å²) in [4.78, 5) is 45.0. The quantitative estimate of drug-likeness (QED) is 0.192. The van der Waals surface area contributed by atoms with E-state index in [0.717, 1.165) is 55.1 Å². The van der Waals surface area contributed by atoms with Gasteiger partial charge in [0.25, 0.3) is 0 Å². The highest BCUT2D eigenvalue weighted by atomic mass is 32.2. The minimum Gasteiger partial charge on any atom is -0.443 e. The second-order valence-corrected chi connectivity index (χ2v) is 19.2. The van der Waals surface area contributed by atoms with Gasteiger partial charge in [-0.25, -0.2) is 22.8 Å². The van der Waals surface area contributed by atoms with Crippen LogP contribution in [0.4, 0.5) is 10.7 Å². The zero-order valence-electron chi connectivity index (χ0n) is 31.1. The van der Waals surface area contributed by atoms with Crippen LogP contribution in [0.25, 0.3) is 0 Å². The maximum absolute atomic E-state index is 14.2. The van der Waals surface area contributed by atoms with Crippen molar-refractivity contribution < 1.29 is 37.8 Å². The van der Waals surface area contributed by atoms with Crippen LogP contribution in [0.15, 0.2) is 36.5 Å². The van der Waals surface area contributed by atoms with Crippen LogP contribution in [0.3, 0.4) is 0 Å². The molecule has 12 nitrogen and oxygen atoms in total. The fraction of sp³-hybridized carbons (Fsp3) is 0.684. The molecular weight excluding hydrogens is 673 g/mol. The zero-order valence-corrected chi connectivity index (χ0v) is 31.9. The van der Waals surface area contributed by atoms with Gasteiger partial charge in [-0.1, -0.05) is 62.4 Å². The van der Waals surface area contributed by atoms with Gasteiger partial charge in [0.05, 0.1) is 34.3 Å². The number of aromatic nitrogens is 2. The molecule has 4 N–H and O–H groups in total. The summed E-state index contributed by atoms with van der Waals surface area (Å²) in [5.41, 5.74) is 0.304. The van der Waals surface area contributed by atoms with Gasteiger partial charge in [-0.15, -0.1) is 0 Å². The van der Waals surface area contributed by atoms with Crippen molar-refractivity contribution in [3.63, 3.8) is 0 Å². The van der Waals surface area contributed by atoms with Crippen molar-refractivity contribution in [3.8, 4) is 0 Å². The van der Waals surface area contributed by atoms with Crippen molar-refractivity contribution in [2.24, 2.45) is 17.8 Å². The first-order chi connectivity index (χ1) is 23.8. The minimum atomic E-state index is -3.83. The number of aryl methyl sites for hydroxylation is 1. The van der Waals surface area contributed by atoms with E-state index in [1.54, 1.807) is 41.5 Å². The Morgan fingerprint density at radius 3 is 2.22 bits per heavy atom. The molecule has 13 heteroatoms. The van der Waals surface area contributed by atoms with Crippen LogP contribution >= 0.6 is 0 Å². The van der Waals surface area contributed by atoms with Crippen molar-refractivity contribution in [1.29, 1.82) is 0 Å². The summed E-state index contributed by atoms with van der Waals surface area (Å²) in [5.74, 6) is -2.52. The molecule has 0 aliphatic heterocycles. The van der Waals surface area contributed by atoms with E-state index in [0.29, 0.717) is 12.8 Å². The van der Waals surface area contributed by atoms with Crippen LogP contribution < -0.4 is 10.6 Å². The molecule has 2 aromatic rings. The van der Waals surface area contributed by atoms with Crippen LogP contribution in [0.2, 0.25) is 0 Å². The average Bonchev–Trinajstić information content (AvgIpc) is 3.83. The first-order valence-electron chi connectivity index (χ1n) is 18.4. The van der Waals surface area contributed by atoms with Crippen LogP contribution in [0, 0.1) is 17.8 Å². The summed E-state index contributed by atoms with van der Waals surface area (Å²) < 4.78 is 32.6. The highest BCUT2D eigenvalue weighted by molar-refractivity contribution is 7.92. The number of sulfone groups is 1. The SMILES string of the molecule is CC(C)(C)OC(=O)n1cc(CC(CS(=O)(=O)C(C)(C)C)C(=O)N[C@@H](CC2CCCCC2)[C@@H](O)[C@@H](O)C2CC2)nc1NC(=O)CCc1ccccc1. The van der Waals surface area contributed by atoms with E-state index in [4.69, 9.17) is 4.74 Å². The normalized spacial score (nSPS) is 18.4. The minimum absolute atomic E-state index is 0.0269. The predicted octanol–water partition coefficient (Wildman–Crippen LogP) is 5.20. The first-order valence-corrected chi connectivity index (χ1v) is 20.0. The Balaban J connectivity index is 1.62. The lowest BCUT2D eigenvalue weighted by Gasteiger charge is -2.33. The van der Waals surface area contributed by atoms with Crippen LogP contribution in [-0.2, 0) is 37.0 Å². The Bertz CT molecular complexity index is 1590. The van der Waals surface area contributed by atoms with Gasteiger partial charge in [0.15, 0.2) is 9.84 Å². The third kappa shape index (κ3) is 12.1. The van der Waals surface area contributed by atoms with Crippen molar-refractivity contribution in [2.45, 2.75) is 141 Å². The molecule has 0 spiro atoms. The van der Waals surface area contributed by atoms with E-state index in [9.17, 15) is 33.0 Å². The van der Waals surface area contributed by atoms with E-state index < -0.39 is 62.1 Å². The number of aliphatic hydroxyl groups is 2. The van der Waals surface area contributed by atoms with Crippen LogP contribution in [0.1, 0.15) is 111 Å². The molecule has 1 heterocycles. The Kier molecular flexibility index (Phi) is 13.5. The third-order valence-electron chi connectivity index (χ3n) is 9.77. The number of hydrogen-bond acceptors (Lipinski definition) is 9. The fourth-order valence-corrected chi connectivity index (χ4v) is 7.77. The fourth-order valence-electron chi connectivity index (χ4n) is 6.47. The lowest BCUT2D eigenvalue weighted by atomic mass is 9.82. The number of ether oxygens (including phenoxy) is 1. The second-order valence-electron chi connectivity index (χ2n) is 16.4. The number of rotatable bonds is 15. The molecular formula is C38H58N4O8S. The molecule has 0 saturated heterocycles. The van der Waals surface area contributed by atoms with Crippen LogP contribution in [0.5, 0.6) is 0 Å². The van der Waals surface area contributed by atoms with Crippen molar-refractivity contribution in [3.05, 3.63) is 47.8 Å². The van der Waals surface area contributed by atoms with Gasteiger partial charge in [0.1, 0.15) is 11.7 Å². The van der Waals surface area contributed by atoms with Gasteiger partial charge in [-0.3, -0.25) is 14.9 Å². The molecule has 2 saturated carbocycles. The maximum atomic E-state index is 14.2. The summed E-state index contributed by atoms with van der Waals surface area (Å²) in [7, 11) is -3.83. The summed E-state index contributed by atoms with van der Waals surface area (Å²) >= 11 is 0. The Morgan fingerprint density at radius 1 is 0.980 bits per heavy atom. The maximum Gasteiger partial charge on any atom is 0.421 e. The van der Waals surface area contributed by atoms with Gasteiger partial charge in [0, 0.05) is 19.0 Å². The van der Waals surface area contributed by atoms with E-state index in [1.165, 1.54) is 6.20 Å². The highest BCUT2D eigenvalue weighted by Gasteiger charge is 2.41. The molecule has 1 aromatic carbocycles. The van der Waals surface area contributed by atoms with Gasteiger partial charge in [-0.05, 0) is 84.6 Å². The lowest BCUT2D eigenvalue weighted by Crippen LogP contribution is -2.52. The zero-order chi connectivity index (χ0) is 37.6. The molecule has 284 valence electrons. The van der Waals surface area contributed by atoms with Crippen molar-refractivity contribution >= 4 is 33.7 Å². The van der Waals surface area contributed by atoms with E-state index in [1.807, 2.05) is 30.3 Å². The predicted molar refractivity (Wildman–Crippen MR) is 196 cm³/mol. The smallest absolute Gasteiger partial charge is 0.421 e. The number of hydrogen-bond donors (Lipinski definition) is 4. The number of carbonyl (C=O) groups is 3. The number of carbonyl (C=O) groups excluding carboxylic acids is 3. The number of imidazole rings is 1. The molecule has 2 amide bonds. The molecule has 2 aliphatic rings. The number of amides is 2.